The quantitative estimate of drug-likeness (QED) is 0.479. The number of aromatic nitrogens is 2. The van der Waals surface area contributed by atoms with E-state index >= 15 is 0 Å². The molecule has 0 radical (unpaired) electrons. The third kappa shape index (κ3) is 5.66. The molecule has 0 fully saturated rings. The molecule has 0 bridgehead atoms. The van der Waals surface area contributed by atoms with Gasteiger partial charge in [0.2, 0.25) is 0 Å². The summed E-state index contributed by atoms with van der Waals surface area (Å²) in [5.74, 6) is -0.268. The summed E-state index contributed by atoms with van der Waals surface area (Å²) in [6.45, 7) is 7.66. The van der Waals surface area contributed by atoms with Crippen molar-refractivity contribution in [1.82, 2.24) is 9.78 Å². The van der Waals surface area contributed by atoms with Gasteiger partial charge in [-0.3, -0.25) is 0 Å². The topological polar surface area (TPSA) is 53.2 Å². The Morgan fingerprint density at radius 1 is 1.32 bits per heavy atom. The van der Waals surface area contributed by atoms with Crippen LogP contribution in [0.2, 0.25) is 0 Å². The van der Waals surface area contributed by atoms with Crippen LogP contribution in [0, 0.1) is 5.82 Å². The van der Waals surface area contributed by atoms with Gasteiger partial charge in [-0.2, -0.15) is 5.10 Å². The van der Waals surface area contributed by atoms with Gasteiger partial charge in [-0.15, -0.1) is 0 Å². The molecule has 2 rings (SSSR count). The Morgan fingerprint density at radius 3 is 2.56 bits per heavy atom. The standard InChI is InChI=1S/C18H23BrFN3OS/c1-13(22-25(24)18(2,3)4)6-5-7-17-16(19)12-21-23(17)15-10-8-14(20)9-11-15/h8-12H,5-7H2,1-4H3. The first-order chi connectivity index (χ1) is 11.7. The average Bonchev–Trinajstić information content (AvgIpc) is 2.88. The van der Waals surface area contributed by atoms with Crippen LogP contribution in [0.4, 0.5) is 4.39 Å². The molecule has 1 aromatic heterocycles. The first-order valence-electron chi connectivity index (χ1n) is 8.13. The van der Waals surface area contributed by atoms with E-state index in [1.165, 1.54) is 12.1 Å². The van der Waals surface area contributed by atoms with E-state index in [9.17, 15) is 8.94 Å². The summed E-state index contributed by atoms with van der Waals surface area (Å²) in [6.07, 6.45) is 4.16. The minimum atomic E-state index is -1.22. The molecule has 25 heavy (non-hydrogen) atoms. The maximum Gasteiger partial charge on any atom is 0.144 e. The van der Waals surface area contributed by atoms with E-state index in [0.717, 1.165) is 40.8 Å². The summed E-state index contributed by atoms with van der Waals surface area (Å²) in [7, 11) is 0. The van der Waals surface area contributed by atoms with Crippen molar-refractivity contribution >= 4 is 33.0 Å². The van der Waals surface area contributed by atoms with Crippen LogP contribution in [-0.2, 0) is 17.8 Å². The smallest absolute Gasteiger partial charge is 0.144 e. The highest BCUT2D eigenvalue weighted by atomic mass is 79.9. The Balaban J connectivity index is 2.03. The van der Waals surface area contributed by atoms with Crippen molar-refractivity contribution in [2.75, 3.05) is 0 Å². The van der Waals surface area contributed by atoms with Crippen LogP contribution in [0.3, 0.4) is 0 Å². The fourth-order valence-corrected chi connectivity index (χ4v) is 3.33. The van der Waals surface area contributed by atoms with E-state index in [1.807, 2.05) is 32.4 Å². The molecule has 0 aliphatic heterocycles. The highest BCUT2D eigenvalue weighted by Gasteiger charge is 2.26. The lowest BCUT2D eigenvalue weighted by molar-refractivity contribution is 0.561. The van der Waals surface area contributed by atoms with Crippen LogP contribution in [0.5, 0.6) is 0 Å². The highest BCUT2D eigenvalue weighted by molar-refractivity contribution is 9.10. The van der Waals surface area contributed by atoms with Crippen molar-refractivity contribution < 1.29 is 8.94 Å². The monoisotopic (exact) mass is 427 g/mol. The Labute approximate surface area is 160 Å². The Morgan fingerprint density at radius 2 is 1.96 bits per heavy atom. The molecule has 136 valence electrons. The first-order valence-corrected chi connectivity index (χ1v) is 10.0. The van der Waals surface area contributed by atoms with Crippen LogP contribution in [0.25, 0.3) is 5.69 Å². The zero-order valence-corrected chi connectivity index (χ0v) is 17.3. The molecule has 0 aliphatic rings. The van der Waals surface area contributed by atoms with Crippen LogP contribution in [0.1, 0.15) is 46.2 Å². The molecule has 7 heteroatoms. The number of nitrogens with zero attached hydrogens (tertiary/aromatic N) is 3. The molecule has 2 aromatic rings. The lowest BCUT2D eigenvalue weighted by Gasteiger charge is -2.18. The average molecular weight is 428 g/mol. The molecule has 1 atom stereocenters. The van der Waals surface area contributed by atoms with Gasteiger partial charge in [-0.1, -0.05) is 4.40 Å². The molecule has 1 unspecified atom stereocenters. The molecule has 0 spiro atoms. The molecule has 1 aromatic carbocycles. The molecule has 0 saturated heterocycles. The van der Waals surface area contributed by atoms with Crippen LogP contribution in [-0.4, -0.2) is 24.8 Å². The van der Waals surface area contributed by atoms with E-state index in [1.54, 1.807) is 18.3 Å². The van der Waals surface area contributed by atoms with Gasteiger partial charge in [0.15, 0.2) is 0 Å². The van der Waals surface area contributed by atoms with Gasteiger partial charge >= 0.3 is 0 Å². The fourth-order valence-electron chi connectivity index (χ4n) is 2.22. The van der Waals surface area contributed by atoms with Crippen molar-refractivity contribution in [3.8, 4) is 5.69 Å². The lowest BCUT2D eigenvalue weighted by atomic mass is 10.1. The second-order valence-corrected chi connectivity index (χ2v) is 9.63. The van der Waals surface area contributed by atoms with Gasteiger partial charge < -0.3 is 4.55 Å². The first kappa shape index (κ1) is 20.1. The number of hydrogen-bond acceptors (Lipinski definition) is 3. The van der Waals surface area contributed by atoms with Crippen molar-refractivity contribution in [3.05, 3.63) is 46.4 Å². The Kier molecular flexibility index (Phi) is 6.82. The Bertz CT molecular complexity index is 738. The largest absolute Gasteiger partial charge is 0.591 e. The van der Waals surface area contributed by atoms with E-state index in [4.69, 9.17) is 0 Å². The van der Waals surface area contributed by atoms with Gasteiger partial charge in [0.1, 0.15) is 21.9 Å². The van der Waals surface area contributed by atoms with Gasteiger partial charge in [0.05, 0.1) is 27.8 Å². The lowest BCUT2D eigenvalue weighted by Crippen LogP contribution is -2.26. The van der Waals surface area contributed by atoms with Crippen LogP contribution >= 0.6 is 15.9 Å². The fraction of sp³-hybridized carbons (Fsp3) is 0.444. The van der Waals surface area contributed by atoms with E-state index in [0.29, 0.717) is 0 Å². The summed E-state index contributed by atoms with van der Waals surface area (Å²) in [4.78, 5) is 0. The normalized spacial score (nSPS) is 14.0. The number of rotatable bonds is 6. The van der Waals surface area contributed by atoms with Crippen molar-refractivity contribution in [2.24, 2.45) is 4.40 Å². The summed E-state index contributed by atoms with van der Waals surface area (Å²) < 4.78 is 31.9. The third-order valence-electron chi connectivity index (χ3n) is 3.60. The summed E-state index contributed by atoms with van der Waals surface area (Å²) in [5, 5.41) is 4.36. The zero-order valence-electron chi connectivity index (χ0n) is 14.9. The second kappa shape index (κ2) is 8.47. The van der Waals surface area contributed by atoms with E-state index in [2.05, 4.69) is 25.4 Å². The summed E-state index contributed by atoms with van der Waals surface area (Å²) >= 11 is 2.30. The summed E-state index contributed by atoms with van der Waals surface area (Å²) in [5.41, 5.74) is 2.73. The minimum absolute atomic E-state index is 0.268. The molecule has 0 aliphatic carbocycles. The maximum atomic E-state index is 13.1. The Hall–Kier alpha value is -1.18. The highest BCUT2D eigenvalue weighted by Crippen LogP contribution is 2.23. The van der Waals surface area contributed by atoms with Gasteiger partial charge in [0.25, 0.3) is 0 Å². The minimum Gasteiger partial charge on any atom is -0.591 e. The number of benzene rings is 1. The van der Waals surface area contributed by atoms with Crippen molar-refractivity contribution in [3.63, 3.8) is 0 Å². The molecule has 4 nitrogen and oxygen atoms in total. The molecule has 1 heterocycles. The number of halogens is 2. The predicted molar refractivity (Wildman–Crippen MR) is 105 cm³/mol. The zero-order chi connectivity index (χ0) is 18.6. The number of hydrogen-bond donors (Lipinski definition) is 0. The van der Waals surface area contributed by atoms with Gasteiger partial charge in [-0.05, 0) is 87.2 Å². The molecule has 0 saturated carbocycles. The SMILES string of the molecule is CC(CCCc1c(Br)cnn1-c1ccc(F)cc1)=N[S+]([O-])C(C)(C)C. The van der Waals surface area contributed by atoms with Gasteiger partial charge in [-0.25, -0.2) is 9.07 Å². The maximum absolute atomic E-state index is 13.1. The predicted octanol–water partition coefficient (Wildman–Crippen LogP) is 5.02. The van der Waals surface area contributed by atoms with Crippen molar-refractivity contribution in [1.29, 1.82) is 0 Å². The second-order valence-electron chi connectivity index (χ2n) is 6.87. The van der Waals surface area contributed by atoms with E-state index in [-0.39, 0.29) is 10.6 Å². The molecular weight excluding hydrogens is 405 g/mol. The van der Waals surface area contributed by atoms with Crippen LogP contribution < -0.4 is 0 Å². The van der Waals surface area contributed by atoms with Gasteiger partial charge in [0, 0.05) is 0 Å². The molecule has 0 amide bonds. The van der Waals surface area contributed by atoms with Crippen molar-refractivity contribution in [2.45, 2.75) is 51.7 Å². The summed E-state index contributed by atoms with van der Waals surface area (Å²) in [6, 6.07) is 6.26. The molecular formula is C18H23BrFN3OS. The van der Waals surface area contributed by atoms with Crippen LogP contribution in [0.15, 0.2) is 39.3 Å². The molecule has 0 N–H and O–H groups in total. The third-order valence-corrected chi connectivity index (χ3v) is 5.79. The van der Waals surface area contributed by atoms with E-state index < -0.39 is 11.4 Å².